The van der Waals surface area contributed by atoms with Gasteiger partial charge >= 0.3 is 5.97 Å². The summed E-state index contributed by atoms with van der Waals surface area (Å²) in [5, 5.41) is 13.0. The lowest BCUT2D eigenvalue weighted by Crippen LogP contribution is -2.35. The smallest absolute Gasteiger partial charge is 0.309 e. The number of carbonyl (C=O) groups is 2. The number of nitrogens with zero attached hydrogens (tertiary/aromatic N) is 1. The second-order valence-electron chi connectivity index (χ2n) is 7.78. The van der Waals surface area contributed by atoms with E-state index in [1.165, 1.54) is 6.92 Å². The van der Waals surface area contributed by atoms with Gasteiger partial charge in [0.15, 0.2) is 11.5 Å². The highest BCUT2D eigenvalue weighted by atomic mass is 16.7. The molecule has 4 rings (SSSR count). The van der Waals surface area contributed by atoms with E-state index in [4.69, 9.17) is 14.2 Å². The number of carboxylic acids is 1. The number of aliphatic carboxylic acids is 1. The number of rotatable bonds is 7. The van der Waals surface area contributed by atoms with Gasteiger partial charge in [0.25, 0.3) is 0 Å². The van der Waals surface area contributed by atoms with Crippen molar-refractivity contribution < 1.29 is 28.9 Å². The van der Waals surface area contributed by atoms with Crippen LogP contribution >= 0.6 is 0 Å². The molecule has 2 aromatic rings. The Morgan fingerprint density at radius 3 is 2.52 bits per heavy atom. The fraction of sp³-hybridized carbons (Fsp3) is 0.391. The van der Waals surface area contributed by atoms with Crippen LogP contribution in [0.5, 0.6) is 17.2 Å². The average Bonchev–Trinajstić information content (AvgIpc) is 3.37. The molecule has 0 radical (unpaired) electrons. The van der Waals surface area contributed by atoms with Crippen molar-refractivity contribution in [3.63, 3.8) is 0 Å². The number of nitrogens with one attached hydrogen (secondary N) is 1. The first-order chi connectivity index (χ1) is 15.0. The highest BCUT2D eigenvalue weighted by molar-refractivity contribution is 5.74. The second kappa shape index (κ2) is 8.85. The van der Waals surface area contributed by atoms with Gasteiger partial charge in [-0.05, 0) is 35.4 Å². The van der Waals surface area contributed by atoms with E-state index >= 15 is 0 Å². The topological polar surface area (TPSA) is 97.3 Å². The van der Waals surface area contributed by atoms with Gasteiger partial charge in [0.1, 0.15) is 5.75 Å². The maximum Gasteiger partial charge on any atom is 0.309 e. The number of carbonyl (C=O) groups excluding carboxylic acids is 1. The van der Waals surface area contributed by atoms with Crippen LogP contribution in [0.15, 0.2) is 42.5 Å². The summed E-state index contributed by atoms with van der Waals surface area (Å²) in [6.07, 6.45) is 0. The van der Waals surface area contributed by atoms with Crippen molar-refractivity contribution in [2.45, 2.75) is 18.9 Å². The predicted octanol–water partition coefficient (Wildman–Crippen LogP) is 2.40. The molecular weight excluding hydrogens is 400 g/mol. The van der Waals surface area contributed by atoms with Crippen molar-refractivity contribution in [3.05, 3.63) is 53.6 Å². The molecule has 8 heteroatoms. The first-order valence-corrected chi connectivity index (χ1v) is 10.2. The zero-order valence-electron chi connectivity index (χ0n) is 17.5. The molecule has 1 fully saturated rings. The summed E-state index contributed by atoms with van der Waals surface area (Å²) in [5.74, 6) is 0.156. The first kappa shape index (κ1) is 21.0. The van der Waals surface area contributed by atoms with E-state index < -0.39 is 11.9 Å². The molecule has 0 aromatic heterocycles. The minimum atomic E-state index is -0.856. The number of hydrogen-bond acceptors (Lipinski definition) is 6. The Kier molecular flexibility index (Phi) is 5.99. The van der Waals surface area contributed by atoms with Crippen molar-refractivity contribution in [3.8, 4) is 17.2 Å². The molecular formula is C23H26N2O6. The summed E-state index contributed by atoms with van der Waals surface area (Å²) < 4.78 is 16.2. The van der Waals surface area contributed by atoms with Crippen LogP contribution in [0.4, 0.5) is 0 Å². The number of likely N-dealkylation sites (tertiary alicyclic amines) is 1. The fourth-order valence-electron chi connectivity index (χ4n) is 4.52. The molecule has 2 N–H and O–H groups in total. The van der Waals surface area contributed by atoms with Gasteiger partial charge in [-0.3, -0.25) is 14.5 Å². The van der Waals surface area contributed by atoms with Crippen molar-refractivity contribution in [1.82, 2.24) is 10.2 Å². The quantitative estimate of drug-likeness (QED) is 0.702. The molecule has 3 unspecified atom stereocenters. The Morgan fingerprint density at radius 2 is 1.84 bits per heavy atom. The molecule has 1 amide bonds. The molecule has 0 spiro atoms. The van der Waals surface area contributed by atoms with Crippen molar-refractivity contribution in [2.75, 3.05) is 33.5 Å². The first-order valence-electron chi connectivity index (χ1n) is 10.2. The Hall–Kier alpha value is -3.26. The van der Waals surface area contributed by atoms with E-state index in [9.17, 15) is 14.7 Å². The van der Waals surface area contributed by atoms with Crippen LogP contribution in [0, 0.1) is 5.92 Å². The lowest BCUT2D eigenvalue weighted by Gasteiger charge is -2.27. The maximum absolute atomic E-state index is 12.5. The second-order valence-corrected chi connectivity index (χ2v) is 7.78. The van der Waals surface area contributed by atoms with Gasteiger partial charge in [-0.25, -0.2) is 0 Å². The Labute approximate surface area is 180 Å². The zero-order valence-corrected chi connectivity index (χ0v) is 17.5. The van der Waals surface area contributed by atoms with Gasteiger partial charge in [0, 0.05) is 38.5 Å². The van der Waals surface area contributed by atoms with Crippen LogP contribution < -0.4 is 19.5 Å². The molecule has 0 aliphatic carbocycles. The Bertz CT molecular complexity index is 961. The van der Waals surface area contributed by atoms with Gasteiger partial charge in [-0.2, -0.15) is 0 Å². The number of hydrogen-bond donors (Lipinski definition) is 2. The monoisotopic (exact) mass is 426 g/mol. The van der Waals surface area contributed by atoms with Crippen molar-refractivity contribution >= 4 is 11.9 Å². The summed E-state index contributed by atoms with van der Waals surface area (Å²) >= 11 is 0. The molecule has 0 bridgehead atoms. The van der Waals surface area contributed by atoms with Gasteiger partial charge < -0.3 is 24.6 Å². The summed E-state index contributed by atoms with van der Waals surface area (Å²) in [6, 6.07) is 12.8. The van der Waals surface area contributed by atoms with Crippen LogP contribution in [0.25, 0.3) is 0 Å². The number of amides is 1. The molecule has 2 aliphatic rings. The van der Waals surface area contributed by atoms with E-state index in [1.54, 1.807) is 7.11 Å². The fourth-order valence-corrected chi connectivity index (χ4v) is 4.52. The standard InChI is InChI=1S/C23H26N2O6/c1-14(26)24-9-10-25-12-18(16-5-8-19-20(11-16)31-13-30-19)21(23(27)28)22(25)15-3-6-17(29-2)7-4-15/h3-8,11,18,21-22H,9-10,12-13H2,1-2H3,(H,24,26)(H,27,28). The summed E-state index contributed by atoms with van der Waals surface area (Å²) in [7, 11) is 1.60. The summed E-state index contributed by atoms with van der Waals surface area (Å²) in [5.41, 5.74) is 1.80. The Morgan fingerprint density at radius 1 is 1.13 bits per heavy atom. The number of ether oxygens (including phenoxy) is 3. The summed E-state index contributed by atoms with van der Waals surface area (Å²) in [6.45, 7) is 3.18. The van der Waals surface area contributed by atoms with Gasteiger partial charge in [-0.1, -0.05) is 18.2 Å². The van der Waals surface area contributed by atoms with Crippen LogP contribution in [-0.4, -0.2) is 55.4 Å². The third-order valence-corrected chi connectivity index (χ3v) is 5.94. The van der Waals surface area contributed by atoms with E-state index in [-0.39, 0.29) is 24.7 Å². The number of carboxylic acid groups (broad SMARTS) is 1. The van der Waals surface area contributed by atoms with Gasteiger partial charge in [-0.15, -0.1) is 0 Å². The Balaban J connectivity index is 1.68. The summed E-state index contributed by atoms with van der Waals surface area (Å²) in [4.78, 5) is 26.0. The molecule has 2 aromatic carbocycles. The molecule has 31 heavy (non-hydrogen) atoms. The van der Waals surface area contributed by atoms with E-state index in [0.29, 0.717) is 36.9 Å². The third-order valence-electron chi connectivity index (χ3n) is 5.94. The predicted molar refractivity (Wildman–Crippen MR) is 112 cm³/mol. The SMILES string of the molecule is COc1ccc(C2C(C(=O)O)C(c3ccc4c(c3)OCO4)CN2CCNC(C)=O)cc1. The van der Waals surface area contributed by atoms with Crippen LogP contribution in [0.3, 0.4) is 0 Å². The highest BCUT2D eigenvalue weighted by Crippen LogP contribution is 2.47. The number of benzene rings is 2. The van der Waals surface area contributed by atoms with E-state index in [0.717, 1.165) is 11.1 Å². The highest BCUT2D eigenvalue weighted by Gasteiger charge is 2.47. The normalized spacial score (nSPS) is 22.3. The largest absolute Gasteiger partial charge is 0.497 e. The van der Waals surface area contributed by atoms with Gasteiger partial charge in [0.05, 0.1) is 13.0 Å². The molecule has 8 nitrogen and oxygen atoms in total. The molecule has 164 valence electrons. The molecule has 2 heterocycles. The molecule has 2 aliphatic heterocycles. The molecule has 1 saturated heterocycles. The zero-order chi connectivity index (χ0) is 22.0. The van der Waals surface area contributed by atoms with Crippen molar-refractivity contribution in [1.29, 1.82) is 0 Å². The number of methoxy groups -OCH3 is 1. The van der Waals surface area contributed by atoms with Crippen LogP contribution in [0.2, 0.25) is 0 Å². The lowest BCUT2D eigenvalue weighted by atomic mass is 9.82. The van der Waals surface area contributed by atoms with E-state index in [2.05, 4.69) is 10.2 Å². The van der Waals surface area contributed by atoms with Crippen molar-refractivity contribution in [2.24, 2.45) is 5.92 Å². The lowest BCUT2D eigenvalue weighted by molar-refractivity contribution is -0.143. The average molecular weight is 426 g/mol. The minimum absolute atomic E-state index is 0.109. The van der Waals surface area contributed by atoms with E-state index in [1.807, 2.05) is 42.5 Å². The minimum Gasteiger partial charge on any atom is -0.497 e. The van der Waals surface area contributed by atoms with Gasteiger partial charge in [0.2, 0.25) is 12.7 Å². The van der Waals surface area contributed by atoms with Crippen LogP contribution in [0.1, 0.15) is 30.0 Å². The molecule has 0 saturated carbocycles. The maximum atomic E-state index is 12.5. The number of fused-ring (bicyclic) bond motifs is 1. The van der Waals surface area contributed by atoms with Crippen LogP contribution in [-0.2, 0) is 9.59 Å². The third kappa shape index (κ3) is 4.29. The molecule has 3 atom stereocenters.